The lowest BCUT2D eigenvalue weighted by molar-refractivity contribution is 0.141. The molecule has 1 heterocycles. The van der Waals surface area contributed by atoms with Gasteiger partial charge in [0.1, 0.15) is 0 Å². The molecule has 1 saturated heterocycles. The number of nitrogens with one attached hydrogen (secondary N) is 1. The van der Waals surface area contributed by atoms with Crippen LogP contribution in [0, 0.1) is 0 Å². The van der Waals surface area contributed by atoms with E-state index in [9.17, 15) is 13.2 Å². The van der Waals surface area contributed by atoms with Crippen LogP contribution in [0.25, 0.3) is 0 Å². The van der Waals surface area contributed by atoms with Gasteiger partial charge in [0.15, 0.2) is 9.84 Å². The van der Waals surface area contributed by atoms with Gasteiger partial charge in [-0.25, -0.2) is 13.2 Å². The molecule has 1 rings (SSSR count). The maximum absolute atomic E-state index is 11.7. The second-order valence-corrected chi connectivity index (χ2v) is 10.1. The average Bonchev–Trinajstić information content (AvgIpc) is 2.83. The molecule has 0 spiro atoms. The molecule has 0 aromatic heterocycles. The maximum atomic E-state index is 11.7. The lowest BCUT2D eigenvalue weighted by Gasteiger charge is -2.14. The molecule has 2 unspecified atom stereocenters. The minimum Gasteiger partial charge on any atom is -0.450 e. The normalized spacial score (nSPS) is 21.6. The van der Waals surface area contributed by atoms with Crippen LogP contribution in [0.5, 0.6) is 0 Å². The summed E-state index contributed by atoms with van der Waals surface area (Å²) < 4.78 is 28.0. The van der Waals surface area contributed by atoms with Crippen molar-refractivity contribution in [1.82, 2.24) is 5.32 Å². The number of ether oxygens (including phenoxy) is 1. The number of alkyl carbamates (subject to hydrolysis) is 1. The molecule has 0 saturated carbocycles. The molecule has 5 nitrogen and oxygen atoms in total. The van der Waals surface area contributed by atoms with Gasteiger partial charge in [0.05, 0.1) is 29.5 Å². The third kappa shape index (κ3) is 11.3. The summed E-state index contributed by atoms with van der Waals surface area (Å²) in [6.07, 6.45) is 14.5. The molecule has 1 N–H and O–H groups in total. The highest BCUT2D eigenvalue weighted by atomic mass is 35.5. The van der Waals surface area contributed by atoms with Crippen molar-refractivity contribution in [3.05, 3.63) is 0 Å². The number of carbonyl (C=O) groups excluding carboxylic acids is 1. The van der Waals surface area contributed by atoms with E-state index in [1.807, 2.05) is 0 Å². The second kappa shape index (κ2) is 13.6. The largest absolute Gasteiger partial charge is 0.450 e. The topological polar surface area (TPSA) is 72.5 Å². The summed E-state index contributed by atoms with van der Waals surface area (Å²) in [6.45, 7) is 2.62. The van der Waals surface area contributed by atoms with Gasteiger partial charge < -0.3 is 10.1 Å². The minimum absolute atomic E-state index is 0.0851. The van der Waals surface area contributed by atoms with Crippen molar-refractivity contribution in [3.63, 3.8) is 0 Å². The molecule has 7 heteroatoms. The fourth-order valence-corrected chi connectivity index (χ4v) is 5.79. The second-order valence-electron chi connectivity index (χ2n) is 7.37. The zero-order chi connectivity index (χ0) is 19.3. The van der Waals surface area contributed by atoms with Crippen LogP contribution in [0.1, 0.15) is 84.0 Å². The van der Waals surface area contributed by atoms with Crippen LogP contribution < -0.4 is 5.32 Å². The first-order valence-electron chi connectivity index (χ1n) is 10.2. The number of hydrogen-bond donors (Lipinski definition) is 1. The SMILES string of the molecule is CCCCCCCCCCCCCCOC(=O)NC1CS(=O)(=O)CC1Cl. The van der Waals surface area contributed by atoms with Gasteiger partial charge in [0.25, 0.3) is 0 Å². The Morgan fingerprint density at radius 3 is 1.88 bits per heavy atom. The standard InChI is InChI=1S/C19H36ClNO4S/c1-2-3-4-5-6-7-8-9-10-11-12-13-14-25-19(22)21-18-16-26(23,24)15-17(18)20/h17-18H,2-16H2,1H3,(H,21,22). The zero-order valence-corrected chi connectivity index (χ0v) is 17.8. The molecular weight excluding hydrogens is 374 g/mol. The van der Waals surface area contributed by atoms with E-state index in [0.29, 0.717) is 6.61 Å². The van der Waals surface area contributed by atoms with Crippen molar-refractivity contribution >= 4 is 27.5 Å². The molecule has 0 aromatic rings. The Bertz CT molecular complexity index is 484. The third-order valence-electron chi connectivity index (χ3n) is 4.82. The van der Waals surface area contributed by atoms with Gasteiger partial charge >= 0.3 is 6.09 Å². The molecule has 0 aliphatic carbocycles. The zero-order valence-electron chi connectivity index (χ0n) is 16.2. The van der Waals surface area contributed by atoms with Crippen LogP contribution in [0.4, 0.5) is 4.79 Å². The first-order chi connectivity index (χ1) is 12.4. The monoisotopic (exact) mass is 409 g/mol. The predicted molar refractivity (Wildman–Crippen MR) is 108 cm³/mol. The Morgan fingerprint density at radius 2 is 1.42 bits per heavy atom. The molecule has 1 aliphatic rings. The summed E-state index contributed by atoms with van der Waals surface area (Å²) in [5, 5.41) is 1.99. The summed E-state index contributed by atoms with van der Waals surface area (Å²) in [5.41, 5.74) is 0. The quantitative estimate of drug-likeness (QED) is 0.329. The van der Waals surface area contributed by atoms with Gasteiger partial charge in [0, 0.05) is 0 Å². The molecule has 1 aliphatic heterocycles. The van der Waals surface area contributed by atoms with Crippen LogP contribution in [0.2, 0.25) is 0 Å². The molecule has 2 atom stereocenters. The van der Waals surface area contributed by atoms with Crippen molar-refractivity contribution in [2.24, 2.45) is 0 Å². The maximum Gasteiger partial charge on any atom is 0.407 e. The molecule has 0 bridgehead atoms. The van der Waals surface area contributed by atoms with E-state index in [4.69, 9.17) is 16.3 Å². The number of amides is 1. The molecule has 1 amide bonds. The van der Waals surface area contributed by atoms with Crippen LogP contribution in [0.3, 0.4) is 0 Å². The van der Waals surface area contributed by atoms with E-state index < -0.39 is 27.3 Å². The van der Waals surface area contributed by atoms with Crippen LogP contribution in [0.15, 0.2) is 0 Å². The molecule has 0 radical (unpaired) electrons. The Hall–Kier alpha value is -0.490. The number of hydrogen-bond acceptors (Lipinski definition) is 4. The Morgan fingerprint density at radius 1 is 0.923 bits per heavy atom. The van der Waals surface area contributed by atoms with Gasteiger partial charge in [-0.1, -0.05) is 77.6 Å². The lowest BCUT2D eigenvalue weighted by Crippen LogP contribution is -2.41. The highest BCUT2D eigenvalue weighted by Crippen LogP contribution is 2.18. The van der Waals surface area contributed by atoms with Crippen molar-refractivity contribution in [2.45, 2.75) is 95.4 Å². The Kier molecular flexibility index (Phi) is 12.4. The number of alkyl halides is 1. The molecule has 1 fully saturated rings. The summed E-state index contributed by atoms with van der Waals surface area (Å²) in [6, 6.07) is -0.545. The highest BCUT2D eigenvalue weighted by Gasteiger charge is 2.37. The summed E-state index contributed by atoms with van der Waals surface area (Å²) in [7, 11) is -3.14. The van der Waals surface area contributed by atoms with Crippen molar-refractivity contribution in [2.75, 3.05) is 18.1 Å². The molecule has 0 aromatic carbocycles. The van der Waals surface area contributed by atoms with E-state index in [0.717, 1.165) is 12.8 Å². The van der Waals surface area contributed by atoms with Gasteiger partial charge in [-0.05, 0) is 6.42 Å². The van der Waals surface area contributed by atoms with E-state index >= 15 is 0 Å². The summed E-state index contributed by atoms with van der Waals surface area (Å²) >= 11 is 5.94. The van der Waals surface area contributed by atoms with E-state index in [1.165, 1.54) is 64.2 Å². The number of carbonyl (C=O) groups is 1. The number of rotatable bonds is 14. The first kappa shape index (κ1) is 23.5. The number of unbranched alkanes of at least 4 members (excludes halogenated alkanes) is 11. The fourth-order valence-electron chi connectivity index (χ4n) is 3.24. The summed E-state index contributed by atoms with van der Waals surface area (Å²) in [4.78, 5) is 11.7. The Balaban J connectivity index is 1.88. The number of sulfone groups is 1. The van der Waals surface area contributed by atoms with E-state index in [2.05, 4.69) is 12.2 Å². The third-order valence-corrected chi connectivity index (χ3v) is 7.19. The molecule has 154 valence electrons. The van der Waals surface area contributed by atoms with Crippen LogP contribution in [-0.2, 0) is 14.6 Å². The van der Waals surface area contributed by atoms with Crippen molar-refractivity contribution in [3.8, 4) is 0 Å². The fraction of sp³-hybridized carbons (Fsp3) is 0.947. The predicted octanol–water partition coefficient (Wildman–Crippen LogP) is 4.82. The van der Waals surface area contributed by atoms with Gasteiger partial charge in [-0.3, -0.25) is 0 Å². The van der Waals surface area contributed by atoms with Gasteiger partial charge in [-0.15, -0.1) is 11.6 Å². The lowest BCUT2D eigenvalue weighted by atomic mass is 10.1. The van der Waals surface area contributed by atoms with Gasteiger partial charge in [0.2, 0.25) is 0 Å². The first-order valence-corrected chi connectivity index (χ1v) is 12.5. The van der Waals surface area contributed by atoms with Crippen LogP contribution >= 0.6 is 11.6 Å². The van der Waals surface area contributed by atoms with E-state index in [1.54, 1.807) is 0 Å². The average molecular weight is 410 g/mol. The molecular formula is C19H36ClNO4S. The van der Waals surface area contributed by atoms with Gasteiger partial charge in [-0.2, -0.15) is 0 Å². The van der Waals surface area contributed by atoms with Crippen molar-refractivity contribution < 1.29 is 17.9 Å². The smallest absolute Gasteiger partial charge is 0.407 e. The van der Waals surface area contributed by atoms with Crippen molar-refractivity contribution in [1.29, 1.82) is 0 Å². The highest BCUT2D eigenvalue weighted by molar-refractivity contribution is 7.91. The van der Waals surface area contributed by atoms with E-state index in [-0.39, 0.29) is 11.5 Å². The summed E-state index contributed by atoms with van der Waals surface area (Å²) in [5.74, 6) is -0.187. The minimum atomic E-state index is -3.14. The van der Waals surface area contributed by atoms with Crippen LogP contribution in [-0.4, -0.2) is 44.0 Å². The molecule has 26 heavy (non-hydrogen) atoms. The number of halogens is 1. The Labute approximate surface area is 164 Å².